The predicted molar refractivity (Wildman–Crippen MR) is 94.3 cm³/mol. The Balaban J connectivity index is 1.58. The van der Waals surface area contributed by atoms with E-state index in [2.05, 4.69) is 0 Å². The number of hydrogen-bond donors (Lipinski definition) is 0. The molecular formula is C20H21NO4. The van der Waals surface area contributed by atoms with E-state index in [1.807, 2.05) is 61.5 Å². The number of esters is 1. The van der Waals surface area contributed by atoms with Gasteiger partial charge in [-0.1, -0.05) is 30.3 Å². The van der Waals surface area contributed by atoms with Crippen molar-refractivity contribution in [2.24, 2.45) is 5.92 Å². The molecule has 1 atom stereocenters. The topological polar surface area (TPSA) is 55.8 Å². The molecule has 1 fully saturated rings. The molecule has 2 aromatic rings. The standard InChI is InChI=1S/C20H21NO4/c1-2-24-18-10-8-17(9-11-18)21-13-16(12-19(21)22)20(23)25-14-15-6-4-3-5-7-15/h3-11,16H,2,12-14H2,1H3. The minimum absolute atomic E-state index is 0.0641. The maximum atomic E-state index is 12.3. The molecule has 0 aliphatic carbocycles. The summed E-state index contributed by atoms with van der Waals surface area (Å²) in [6.07, 6.45) is 0.181. The second-order valence-electron chi connectivity index (χ2n) is 5.93. The fourth-order valence-corrected chi connectivity index (χ4v) is 2.85. The van der Waals surface area contributed by atoms with Gasteiger partial charge in [-0.3, -0.25) is 9.59 Å². The van der Waals surface area contributed by atoms with Gasteiger partial charge in [0.2, 0.25) is 5.91 Å². The maximum absolute atomic E-state index is 12.3. The van der Waals surface area contributed by atoms with Crippen LogP contribution >= 0.6 is 0 Å². The van der Waals surface area contributed by atoms with E-state index < -0.39 is 5.92 Å². The minimum Gasteiger partial charge on any atom is -0.494 e. The van der Waals surface area contributed by atoms with Gasteiger partial charge in [-0.05, 0) is 36.8 Å². The van der Waals surface area contributed by atoms with Crippen LogP contribution < -0.4 is 9.64 Å². The molecule has 0 aromatic heterocycles. The summed E-state index contributed by atoms with van der Waals surface area (Å²) in [6.45, 7) is 3.09. The molecule has 0 spiro atoms. The average molecular weight is 339 g/mol. The van der Waals surface area contributed by atoms with Gasteiger partial charge in [0, 0.05) is 18.7 Å². The molecule has 1 aliphatic heterocycles. The van der Waals surface area contributed by atoms with Crippen molar-refractivity contribution >= 4 is 17.6 Å². The largest absolute Gasteiger partial charge is 0.494 e. The Morgan fingerprint density at radius 3 is 2.52 bits per heavy atom. The number of hydrogen-bond acceptors (Lipinski definition) is 4. The molecule has 2 aromatic carbocycles. The molecule has 1 unspecified atom stereocenters. The Morgan fingerprint density at radius 1 is 1.12 bits per heavy atom. The summed E-state index contributed by atoms with van der Waals surface area (Å²) in [4.78, 5) is 26.1. The SMILES string of the molecule is CCOc1ccc(N2CC(C(=O)OCc3ccccc3)CC2=O)cc1. The van der Waals surface area contributed by atoms with Gasteiger partial charge in [0.25, 0.3) is 0 Å². The molecule has 5 heteroatoms. The van der Waals surface area contributed by atoms with Gasteiger partial charge < -0.3 is 14.4 Å². The monoisotopic (exact) mass is 339 g/mol. The zero-order valence-corrected chi connectivity index (χ0v) is 14.2. The molecule has 1 saturated heterocycles. The lowest BCUT2D eigenvalue weighted by Crippen LogP contribution is -2.26. The number of anilines is 1. The maximum Gasteiger partial charge on any atom is 0.311 e. The number of rotatable bonds is 6. The van der Waals surface area contributed by atoms with Crippen LogP contribution in [0.2, 0.25) is 0 Å². The molecule has 0 saturated carbocycles. The van der Waals surface area contributed by atoms with E-state index in [9.17, 15) is 9.59 Å². The molecule has 1 heterocycles. The van der Waals surface area contributed by atoms with E-state index in [4.69, 9.17) is 9.47 Å². The molecular weight excluding hydrogens is 318 g/mol. The number of benzene rings is 2. The first kappa shape index (κ1) is 17.0. The molecule has 1 aliphatic rings. The van der Waals surface area contributed by atoms with Gasteiger partial charge in [-0.15, -0.1) is 0 Å². The number of ether oxygens (including phenoxy) is 2. The highest BCUT2D eigenvalue weighted by molar-refractivity contribution is 5.99. The summed E-state index contributed by atoms with van der Waals surface area (Å²) in [6, 6.07) is 16.8. The number of amides is 1. The lowest BCUT2D eigenvalue weighted by Gasteiger charge is -2.17. The van der Waals surface area contributed by atoms with Crippen molar-refractivity contribution in [2.75, 3.05) is 18.1 Å². The third kappa shape index (κ3) is 4.18. The fraction of sp³-hybridized carbons (Fsp3) is 0.300. The Labute approximate surface area is 147 Å². The van der Waals surface area contributed by atoms with E-state index in [-0.39, 0.29) is 24.9 Å². The normalized spacial score (nSPS) is 16.8. The Hall–Kier alpha value is -2.82. The molecule has 0 N–H and O–H groups in total. The fourth-order valence-electron chi connectivity index (χ4n) is 2.85. The smallest absolute Gasteiger partial charge is 0.311 e. The zero-order valence-electron chi connectivity index (χ0n) is 14.2. The summed E-state index contributed by atoms with van der Waals surface area (Å²) in [5.41, 5.74) is 1.70. The summed E-state index contributed by atoms with van der Waals surface area (Å²) in [7, 11) is 0. The van der Waals surface area contributed by atoms with Crippen LogP contribution in [0.3, 0.4) is 0 Å². The van der Waals surface area contributed by atoms with Crippen molar-refractivity contribution < 1.29 is 19.1 Å². The number of carbonyl (C=O) groups excluding carboxylic acids is 2. The summed E-state index contributed by atoms with van der Waals surface area (Å²) >= 11 is 0. The first-order chi connectivity index (χ1) is 12.2. The third-order valence-corrected chi connectivity index (χ3v) is 4.14. The third-order valence-electron chi connectivity index (χ3n) is 4.14. The van der Waals surface area contributed by atoms with Crippen LogP contribution in [-0.4, -0.2) is 25.0 Å². The van der Waals surface area contributed by atoms with Crippen LogP contribution in [-0.2, 0) is 20.9 Å². The van der Waals surface area contributed by atoms with E-state index in [0.29, 0.717) is 13.2 Å². The first-order valence-corrected chi connectivity index (χ1v) is 8.41. The van der Waals surface area contributed by atoms with Crippen molar-refractivity contribution in [3.8, 4) is 5.75 Å². The Bertz CT molecular complexity index is 727. The highest BCUT2D eigenvalue weighted by Crippen LogP contribution is 2.27. The lowest BCUT2D eigenvalue weighted by molar-refractivity contribution is -0.149. The van der Waals surface area contributed by atoms with Crippen LogP contribution in [0.15, 0.2) is 54.6 Å². The highest BCUT2D eigenvalue weighted by atomic mass is 16.5. The molecule has 0 radical (unpaired) electrons. The van der Waals surface area contributed by atoms with Crippen LogP contribution in [0.25, 0.3) is 0 Å². The van der Waals surface area contributed by atoms with Crippen molar-refractivity contribution in [2.45, 2.75) is 20.0 Å². The van der Waals surface area contributed by atoms with Crippen molar-refractivity contribution in [3.05, 3.63) is 60.2 Å². The van der Waals surface area contributed by atoms with Gasteiger partial charge in [-0.2, -0.15) is 0 Å². The molecule has 3 rings (SSSR count). The summed E-state index contributed by atoms with van der Waals surface area (Å²) < 4.78 is 10.8. The summed E-state index contributed by atoms with van der Waals surface area (Å²) in [5, 5.41) is 0. The minimum atomic E-state index is -0.428. The second kappa shape index (κ2) is 7.83. The van der Waals surface area contributed by atoms with Gasteiger partial charge in [0.05, 0.1) is 12.5 Å². The second-order valence-corrected chi connectivity index (χ2v) is 5.93. The van der Waals surface area contributed by atoms with E-state index >= 15 is 0 Å². The highest BCUT2D eigenvalue weighted by Gasteiger charge is 2.36. The van der Waals surface area contributed by atoms with Crippen molar-refractivity contribution in [3.63, 3.8) is 0 Å². The Kier molecular flexibility index (Phi) is 5.33. The van der Waals surface area contributed by atoms with Crippen LogP contribution in [0.1, 0.15) is 18.9 Å². The first-order valence-electron chi connectivity index (χ1n) is 8.41. The van der Waals surface area contributed by atoms with Gasteiger partial charge in [0.15, 0.2) is 0 Å². The van der Waals surface area contributed by atoms with E-state index in [0.717, 1.165) is 17.0 Å². The quantitative estimate of drug-likeness (QED) is 0.759. The van der Waals surface area contributed by atoms with Gasteiger partial charge in [-0.25, -0.2) is 0 Å². The van der Waals surface area contributed by atoms with Crippen LogP contribution in [0.5, 0.6) is 5.75 Å². The van der Waals surface area contributed by atoms with E-state index in [1.54, 1.807) is 4.90 Å². The van der Waals surface area contributed by atoms with Crippen LogP contribution in [0, 0.1) is 5.92 Å². The van der Waals surface area contributed by atoms with Gasteiger partial charge in [0.1, 0.15) is 12.4 Å². The zero-order chi connectivity index (χ0) is 17.6. The Morgan fingerprint density at radius 2 is 1.84 bits per heavy atom. The summed E-state index contributed by atoms with van der Waals surface area (Å²) in [5.74, 6) is -0.0593. The van der Waals surface area contributed by atoms with Crippen molar-refractivity contribution in [1.29, 1.82) is 0 Å². The van der Waals surface area contributed by atoms with E-state index in [1.165, 1.54) is 0 Å². The molecule has 130 valence electrons. The van der Waals surface area contributed by atoms with Gasteiger partial charge >= 0.3 is 5.97 Å². The molecule has 5 nitrogen and oxygen atoms in total. The predicted octanol–water partition coefficient (Wildman–Crippen LogP) is 3.18. The number of carbonyl (C=O) groups is 2. The lowest BCUT2D eigenvalue weighted by atomic mass is 10.1. The van der Waals surface area contributed by atoms with Crippen LogP contribution in [0.4, 0.5) is 5.69 Å². The molecule has 1 amide bonds. The average Bonchev–Trinajstić information content (AvgIpc) is 3.03. The molecule has 0 bridgehead atoms. The molecule has 25 heavy (non-hydrogen) atoms. The van der Waals surface area contributed by atoms with Crippen molar-refractivity contribution in [1.82, 2.24) is 0 Å². The number of nitrogens with zero attached hydrogens (tertiary/aromatic N) is 1.